The quantitative estimate of drug-likeness (QED) is 0.790. The highest BCUT2D eigenvalue weighted by Crippen LogP contribution is 2.22. The highest BCUT2D eigenvalue weighted by molar-refractivity contribution is 7.16. The molecule has 0 saturated carbocycles. The molecule has 0 unspecified atom stereocenters. The van der Waals surface area contributed by atoms with Gasteiger partial charge in [0.15, 0.2) is 0 Å². The fraction of sp³-hybridized carbons (Fsp3) is 0.385. The Morgan fingerprint density at radius 3 is 2.94 bits per heavy atom. The first kappa shape index (κ1) is 12.7. The van der Waals surface area contributed by atoms with Crippen LogP contribution in [0.5, 0.6) is 0 Å². The Labute approximate surface area is 111 Å². The molecular formula is C13H17ClN2S. The first-order valence-electron chi connectivity index (χ1n) is 5.88. The van der Waals surface area contributed by atoms with Crippen LogP contribution in [-0.4, -0.2) is 11.1 Å². The van der Waals surface area contributed by atoms with Crippen molar-refractivity contribution < 1.29 is 0 Å². The minimum absolute atomic E-state index is 0.859. The molecule has 2 heterocycles. The van der Waals surface area contributed by atoms with E-state index in [1.165, 1.54) is 17.0 Å². The van der Waals surface area contributed by atoms with Crippen LogP contribution in [0.1, 0.15) is 23.9 Å². The van der Waals surface area contributed by atoms with Gasteiger partial charge in [-0.3, -0.25) is 0 Å². The normalized spacial score (nSPS) is 10.9. The van der Waals surface area contributed by atoms with Gasteiger partial charge in [0.25, 0.3) is 0 Å². The maximum atomic E-state index is 5.94. The van der Waals surface area contributed by atoms with Gasteiger partial charge in [0.1, 0.15) is 0 Å². The van der Waals surface area contributed by atoms with Gasteiger partial charge >= 0.3 is 0 Å². The molecule has 0 fully saturated rings. The van der Waals surface area contributed by atoms with Crippen LogP contribution in [0, 0.1) is 0 Å². The average molecular weight is 269 g/mol. The SMILES string of the molecule is CCCNCc1cccn1Cc1ccc(Cl)s1. The predicted octanol–water partition coefficient (Wildman–Crippen LogP) is 3.75. The number of aromatic nitrogens is 1. The molecule has 92 valence electrons. The first-order chi connectivity index (χ1) is 8.29. The van der Waals surface area contributed by atoms with E-state index < -0.39 is 0 Å². The maximum absolute atomic E-state index is 5.94. The van der Waals surface area contributed by atoms with Crippen LogP contribution in [0.3, 0.4) is 0 Å². The standard InChI is InChI=1S/C13H17ClN2S/c1-2-7-15-9-11-4-3-8-16(11)10-12-5-6-13(14)17-12/h3-6,8,15H,2,7,9-10H2,1H3. The van der Waals surface area contributed by atoms with E-state index in [2.05, 4.69) is 41.2 Å². The van der Waals surface area contributed by atoms with Crippen molar-refractivity contribution >= 4 is 22.9 Å². The second-order valence-corrected chi connectivity index (χ2v) is 5.81. The Morgan fingerprint density at radius 2 is 2.24 bits per heavy atom. The second-order valence-electron chi connectivity index (χ2n) is 4.01. The summed E-state index contributed by atoms with van der Waals surface area (Å²) in [7, 11) is 0. The molecule has 2 aromatic rings. The summed E-state index contributed by atoms with van der Waals surface area (Å²) in [6.07, 6.45) is 3.29. The molecule has 0 radical (unpaired) electrons. The van der Waals surface area contributed by atoms with Gasteiger partial charge in [-0.2, -0.15) is 0 Å². The summed E-state index contributed by atoms with van der Waals surface area (Å²) in [4.78, 5) is 1.29. The van der Waals surface area contributed by atoms with Crippen molar-refractivity contribution in [1.29, 1.82) is 0 Å². The van der Waals surface area contributed by atoms with E-state index >= 15 is 0 Å². The van der Waals surface area contributed by atoms with Crippen LogP contribution in [0.25, 0.3) is 0 Å². The lowest BCUT2D eigenvalue weighted by Crippen LogP contribution is -2.16. The van der Waals surface area contributed by atoms with E-state index in [4.69, 9.17) is 11.6 Å². The molecule has 0 spiro atoms. The summed E-state index contributed by atoms with van der Waals surface area (Å²) in [5.74, 6) is 0. The molecule has 0 aliphatic rings. The molecule has 2 rings (SSSR count). The van der Waals surface area contributed by atoms with Gasteiger partial charge in [-0.05, 0) is 37.2 Å². The lowest BCUT2D eigenvalue weighted by molar-refractivity contribution is 0.632. The molecule has 0 bridgehead atoms. The summed E-state index contributed by atoms with van der Waals surface area (Å²) < 4.78 is 3.13. The lowest BCUT2D eigenvalue weighted by Gasteiger charge is -2.08. The van der Waals surface area contributed by atoms with Gasteiger partial charge in [-0.25, -0.2) is 0 Å². The largest absolute Gasteiger partial charge is 0.345 e. The molecule has 4 heteroatoms. The number of thiophene rings is 1. The van der Waals surface area contributed by atoms with Crippen molar-refractivity contribution in [3.8, 4) is 0 Å². The molecule has 2 aromatic heterocycles. The van der Waals surface area contributed by atoms with E-state index in [1.54, 1.807) is 11.3 Å². The summed E-state index contributed by atoms with van der Waals surface area (Å²) in [5, 5.41) is 3.43. The number of hydrogen-bond donors (Lipinski definition) is 1. The van der Waals surface area contributed by atoms with Crippen LogP contribution in [0.4, 0.5) is 0 Å². The fourth-order valence-corrected chi connectivity index (χ4v) is 2.85. The van der Waals surface area contributed by atoms with Crippen molar-refractivity contribution in [1.82, 2.24) is 9.88 Å². The zero-order valence-corrected chi connectivity index (χ0v) is 11.5. The minimum Gasteiger partial charge on any atom is -0.345 e. The third-order valence-corrected chi connectivity index (χ3v) is 3.83. The molecular weight excluding hydrogens is 252 g/mol. The molecule has 0 aliphatic heterocycles. The molecule has 0 atom stereocenters. The van der Waals surface area contributed by atoms with Crippen LogP contribution in [-0.2, 0) is 13.1 Å². The highest BCUT2D eigenvalue weighted by atomic mass is 35.5. The Bertz CT molecular complexity index is 461. The van der Waals surface area contributed by atoms with Gasteiger partial charge < -0.3 is 9.88 Å². The average Bonchev–Trinajstić information content (AvgIpc) is 2.90. The molecule has 17 heavy (non-hydrogen) atoms. The van der Waals surface area contributed by atoms with Crippen LogP contribution < -0.4 is 5.32 Å². The topological polar surface area (TPSA) is 17.0 Å². The van der Waals surface area contributed by atoms with Crippen molar-refractivity contribution in [3.63, 3.8) is 0 Å². The summed E-state index contributed by atoms with van der Waals surface area (Å²) in [5.41, 5.74) is 1.32. The minimum atomic E-state index is 0.859. The smallest absolute Gasteiger partial charge is 0.0931 e. The molecule has 2 nitrogen and oxygen atoms in total. The summed E-state index contributed by atoms with van der Waals surface area (Å²) in [6.45, 7) is 5.09. The van der Waals surface area contributed by atoms with Gasteiger partial charge in [0, 0.05) is 23.3 Å². The van der Waals surface area contributed by atoms with Crippen LogP contribution >= 0.6 is 22.9 Å². The van der Waals surface area contributed by atoms with Gasteiger partial charge in [0.2, 0.25) is 0 Å². The second kappa shape index (κ2) is 6.24. The molecule has 1 N–H and O–H groups in total. The summed E-state index contributed by atoms with van der Waals surface area (Å²) in [6, 6.07) is 8.31. The van der Waals surface area contributed by atoms with Crippen molar-refractivity contribution in [2.24, 2.45) is 0 Å². The van der Waals surface area contributed by atoms with Gasteiger partial charge in [-0.1, -0.05) is 18.5 Å². The number of halogens is 1. The van der Waals surface area contributed by atoms with Gasteiger partial charge in [-0.15, -0.1) is 11.3 Å². The Hall–Kier alpha value is -0.770. The van der Waals surface area contributed by atoms with Crippen LogP contribution in [0.15, 0.2) is 30.5 Å². The molecule has 0 aromatic carbocycles. The number of hydrogen-bond acceptors (Lipinski definition) is 2. The molecule has 0 aliphatic carbocycles. The van der Waals surface area contributed by atoms with Crippen molar-refractivity contribution in [3.05, 3.63) is 45.4 Å². The lowest BCUT2D eigenvalue weighted by atomic mass is 10.4. The third-order valence-electron chi connectivity index (χ3n) is 2.61. The zero-order chi connectivity index (χ0) is 12.1. The fourth-order valence-electron chi connectivity index (χ4n) is 1.76. The predicted molar refractivity (Wildman–Crippen MR) is 74.9 cm³/mol. The third kappa shape index (κ3) is 3.60. The number of rotatable bonds is 6. The van der Waals surface area contributed by atoms with Crippen LogP contribution in [0.2, 0.25) is 4.34 Å². The first-order valence-corrected chi connectivity index (χ1v) is 7.08. The Kier molecular flexibility index (Phi) is 4.66. The van der Waals surface area contributed by atoms with E-state index in [-0.39, 0.29) is 0 Å². The molecule has 0 saturated heterocycles. The van der Waals surface area contributed by atoms with E-state index in [0.29, 0.717) is 0 Å². The van der Waals surface area contributed by atoms with E-state index in [1.807, 2.05) is 6.07 Å². The Morgan fingerprint density at radius 1 is 1.35 bits per heavy atom. The monoisotopic (exact) mass is 268 g/mol. The molecule has 0 amide bonds. The Balaban J connectivity index is 1.98. The zero-order valence-electron chi connectivity index (χ0n) is 9.95. The van der Waals surface area contributed by atoms with Crippen molar-refractivity contribution in [2.45, 2.75) is 26.4 Å². The van der Waals surface area contributed by atoms with E-state index in [9.17, 15) is 0 Å². The van der Waals surface area contributed by atoms with E-state index in [0.717, 1.165) is 24.0 Å². The highest BCUT2D eigenvalue weighted by Gasteiger charge is 2.03. The number of nitrogens with one attached hydrogen (secondary N) is 1. The van der Waals surface area contributed by atoms with Gasteiger partial charge in [0.05, 0.1) is 10.9 Å². The maximum Gasteiger partial charge on any atom is 0.0931 e. The summed E-state index contributed by atoms with van der Waals surface area (Å²) >= 11 is 7.59. The van der Waals surface area contributed by atoms with Crippen molar-refractivity contribution in [2.75, 3.05) is 6.54 Å². The number of nitrogens with zero attached hydrogens (tertiary/aromatic N) is 1.